The molecule has 1 aliphatic carbocycles. The number of hydrogen-bond donors (Lipinski definition) is 2. The predicted octanol–water partition coefficient (Wildman–Crippen LogP) is 3.24. The van der Waals surface area contributed by atoms with Gasteiger partial charge in [0, 0.05) is 41.4 Å². The van der Waals surface area contributed by atoms with Crippen LogP contribution in [0.4, 0.5) is 11.5 Å². The highest BCUT2D eigenvalue weighted by atomic mass is 35.5. The van der Waals surface area contributed by atoms with Gasteiger partial charge in [0.1, 0.15) is 0 Å². The number of benzene rings is 1. The Morgan fingerprint density at radius 3 is 2.88 bits per heavy atom. The van der Waals surface area contributed by atoms with Crippen LogP contribution in [0.5, 0.6) is 0 Å². The first-order valence-corrected chi connectivity index (χ1v) is 8.82. The van der Waals surface area contributed by atoms with Gasteiger partial charge in [-0.3, -0.25) is 14.7 Å². The van der Waals surface area contributed by atoms with Crippen LogP contribution in [0.15, 0.2) is 24.3 Å². The second kappa shape index (κ2) is 6.19. The average molecular weight is 359 g/mol. The van der Waals surface area contributed by atoms with Crippen LogP contribution in [-0.2, 0) is 9.59 Å². The molecule has 1 aromatic carbocycles. The number of amides is 2. The van der Waals surface area contributed by atoms with E-state index >= 15 is 0 Å². The summed E-state index contributed by atoms with van der Waals surface area (Å²) in [6.07, 6.45) is 2.53. The van der Waals surface area contributed by atoms with Crippen molar-refractivity contribution in [2.75, 3.05) is 16.8 Å². The number of aryl methyl sites for hydroxylation is 1. The number of carbonyl (C=O) groups excluding carboxylic acids is 2. The number of carbonyl (C=O) groups is 2. The Morgan fingerprint density at radius 1 is 1.36 bits per heavy atom. The Hall–Kier alpha value is -2.34. The molecule has 6 nitrogen and oxygen atoms in total. The summed E-state index contributed by atoms with van der Waals surface area (Å²) in [5.74, 6) is 0.432. The number of nitrogens with one attached hydrogen (secondary N) is 2. The standard InChI is InChI=1S/C18H19ClN4O2/c1-10-2-5-13(7-14(10)19)23-9-12(6-17(23)24)18(25)20-16-8-15(21-22-16)11-3-4-11/h2,5,7-8,11-12H,3-4,6,9H2,1H3,(H2,20,21,22,25)/t12-/m1/s1. The van der Waals surface area contributed by atoms with Crippen molar-refractivity contribution in [3.05, 3.63) is 40.5 Å². The highest BCUT2D eigenvalue weighted by molar-refractivity contribution is 6.31. The Bertz CT molecular complexity index is 843. The van der Waals surface area contributed by atoms with Gasteiger partial charge in [0.25, 0.3) is 0 Å². The molecule has 2 aromatic rings. The third kappa shape index (κ3) is 3.26. The third-order valence-electron chi connectivity index (χ3n) is 4.83. The minimum atomic E-state index is -0.395. The van der Waals surface area contributed by atoms with Crippen molar-refractivity contribution in [3.8, 4) is 0 Å². The van der Waals surface area contributed by atoms with E-state index in [1.165, 1.54) is 12.8 Å². The maximum absolute atomic E-state index is 12.5. The minimum absolute atomic E-state index is 0.0687. The molecule has 2 heterocycles. The lowest BCUT2D eigenvalue weighted by Crippen LogP contribution is -2.28. The molecule has 1 aromatic heterocycles. The van der Waals surface area contributed by atoms with E-state index in [-0.39, 0.29) is 18.2 Å². The Labute approximate surface area is 150 Å². The van der Waals surface area contributed by atoms with Crippen LogP contribution in [0, 0.1) is 12.8 Å². The lowest BCUT2D eigenvalue weighted by molar-refractivity contribution is -0.122. The number of rotatable bonds is 4. The number of anilines is 2. The zero-order valence-electron chi connectivity index (χ0n) is 13.9. The summed E-state index contributed by atoms with van der Waals surface area (Å²) < 4.78 is 0. The van der Waals surface area contributed by atoms with Crippen molar-refractivity contribution in [1.29, 1.82) is 0 Å². The molecular weight excluding hydrogens is 340 g/mol. The molecule has 7 heteroatoms. The van der Waals surface area contributed by atoms with Gasteiger partial charge < -0.3 is 10.2 Å². The van der Waals surface area contributed by atoms with Gasteiger partial charge in [0.2, 0.25) is 11.8 Å². The second-order valence-corrected chi connectivity index (χ2v) is 7.22. The molecular formula is C18H19ClN4O2. The van der Waals surface area contributed by atoms with Crippen LogP contribution in [0.25, 0.3) is 0 Å². The lowest BCUT2D eigenvalue weighted by atomic mass is 10.1. The van der Waals surface area contributed by atoms with Crippen LogP contribution in [-0.4, -0.2) is 28.6 Å². The van der Waals surface area contributed by atoms with Crippen LogP contribution >= 0.6 is 11.6 Å². The summed E-state index contributed by atoms with van der Waals surface area (Å²) in [6.45, 7) is 2.26. The van der Waals surface area contributed by atoms with Gasteiger partial charge in [-0.2, -0.15) is 5.10 Å². The smallest absolute Gasteiger partial charge is 0.231 e. The first-order valence-electron chi connectivity index (χ1n) is 8.44. The number of hydrogen-bond acceptors (Lipinski definition) is 3. The summed E-state index contributed by atoms with van der Waals surface area (Å²) in [5, 5.41) is 10.5. The zero-order chi connectivity index (χ0) is 17.6. The Morgan fingerprint density at radius 2 is 2.16 bits per heavy atom. The summed E-state index contributed by atoms with van der Waals surface area (Å²) in [6, 6.07) is 7.38. The lowest BCUT2D eigenvalue weighted by Gasteiger charge is -2.17. The van der Waals surface area contributed by atoms with Crippen molar-refractivity contribution < 1.29 is 9.59 Å². The van der Waals surface area contributed by atoms with Crippen LogP contribution in [0.2, 0.25) is 5.02 Å². The van der Waals surface area contributed by atoms with Gasteiger partial charge in [-0.1, -0.05) is 17.7 Å². The summed E-state index contributed by atoms with van der Waals surface area (Å²) in [7, 11) is 0. The van der Waals surface area contributed by atoms with E-state index in [9.17, 15) is 9.59 Å². The SMILES string of the molecule is Cc1ccc(N2C[C@H](C(=O)Nc3cc(C4CC4)[nH]n3)CC2=O)cc1Cl. The first-order chi connectivity index (χ1) is 12.0. The summed E-state index contributed by atoms with van der Waals surface area (Å²) in [4.78, 5) is 26.4. The molecule has 0 spiro atoms. The monoisotopic (exact) mass is 358 g/mol. The molecule has 0 bridgehead atoms. The molecule has 1 atom stereocenters. The molecule has 2 amide bonds. The molecule has 2 aliphatic rings. The first kappa shape index (κ1) is 16.1. The van der Waals surface area contributed by atoms with E-state index in [1.54, 1.807) is 11.0 Å². The van der Waals surface area contributed by atoms with Gasteiger partial charge in [-0.05, 0) is 37.5 Å². The normalized spacial score (nSPS) is 20.2. The molecule has 4 rings (SSSR count). The largest absolute Gasteiger partial charge is 0.312 e. The molecule has 25 heavy (non-hydrogen) atoms. The van der Waals surface area contributed by atoms with Gasteiger partial charge >= 0.3 is 0 Å². The van der Waals surface area contributed by atoms with Crippen molar-refractivity contribution >= 4 is 34.9 Å². The molecule has 1 saturated heterocycles. The maximum Gasteiger partial charge on any atom is 0.231 e. The second-order valence-electron chi connectivity index (χ2n) is 6.81. The summed E-state index contributed by atoms with van der Waals surface area (Å²) in [5.41, 5.74) is 2.75. The number of aromatic amines is 1. The van der Waals surface area contributed by atoms with Crippen molar-refractivity contribution in [2.45, 2.75) is 32.1 Å². The van der Waals surface area contributed by atoms with Crippen LogP contribution < -0.4 is 10.2 Å². The van der Waals surface area contributed by atoms with Gasteiger partial charge in [-0.25, -0.2) is 0 Å². The molecule has 0 unspecified atom stereocenters. The van der Waals surface area contributed by atoms with E-state index in [2.05, 4.69) is 15.5 Å². The molecule has 1 aliphatic heterocycles. The van der Waals surface area contributed by atoms with Crippen LogP contribution in [0.1, 0.15) is 36.4 Å². The van der Waals surface area contributed by atoms with Crippen molar-refractivity contribution in [1.82, 2.24) is 10.2 Å². The number of H-pyrrole nitrogens is 1. The number of halogens is 1. The van der Waals surface area contributed by atoms with Gasteiger partial charge in [-0.15, -0.1) is 0 Å². The highest BCUT2D eigenvalue weighted by Crippen LogP contribution is 2.39. The van der Waals surface area contributed by atoms with Crippen molar-refractivity contribution in [2.24, 2.45) is 5.92 Å². The fraction of sp³-hybridized carbons (Fsp3) is 0.389. The molecule has 2 fully saturated rings. The van der Waals surface area contributed by atoms with E-state index < -0.39 is 5.92 Å². The Balaban J connectivity index is 1.43. The van der Waals surface area contributed by atoms with E-state index in [4.69, 9.17) is 11.6 Å². The molecule has 2 N–H and O–H groups in total. The van der Waals surface area contributed by atoms with Crippen molar-refractivity contribution in [3.63, 3.8) is 0 Å². The van der Waals surface area contributed by atoms with Gasteiger partial charge in [0.15, 0.2) is 5.82 Å². The fourth-order valence-electron chi connectivity index (χ4n) is 3.11. The topological polar surface area (TPSA) is 78.1 Å². The van der Waals surface area contributed by atoms with E-state index in [0.29, 0.717) is 23.3 Å². The molecule has 0 radical (unpaired) electrons. The summed E-state index contributed by atoms with van der Waals surface area (Å²) >= 11 is 6.15. The number of aromatic nitrogens is 2. The van der Waals surface area contributed by atoms with Gasteiger partial charge in [0.05, 0.1) is 5.92 Å². The van der Waals surface area contributed by atoms with E-state index in [0.717, 1.165) is 16.9 Å². The average Bonchev–Trinajstić information content (AvgIpc) is 3.21. The fourth-order valence-corrected chi connectivity index (χ4v) is 3.29. The minimum Gasteiger partial charge on any atom is -0.312 e. The number of nitrogens with zero attached hydrogens (tertiary/aromatic N) is 2. The highest BCUT2D eigenvalue weighted by Gasteiger charge is 2.35. The van der Waals surface area contributed by atoms with Crippen LogP contribution in [0.3, 0.4) is 0 Å². The zero-order valence-corrected chi connectivity index (χ0v) is 14.6. The quantitative estimate of drug-likeness (QED) is 0.880. The maximum atomic E-state index is 12.5. The predicted molar refractivity (Wildman–Crippen MR) is 95.8 cm³/mol. The molecule has 130 valence electrons. The Kier molecular flexibility index (Phi) is 4.00. The van der Waals surface area contributed by atoms with E-state index in [1.807, 2.05) is 25.1 Å². The third-order valence-corrected chi connectivity index (χ3v) is 5.24. The molecule has 1 saturated carbocycles.